The van der Waals surface area contributed by atoms with Gasteiger partial charge in [0.2, 0.25) is 5.75 Å². The van der Waals surface area contributed by atoms with Crippen molar-refractivity contribution in [2.24, 2.45) is 0 Å². The maximum absolute atomic E-state index is 12.7. The maximum Gasteiger partial charge on any atom is 0.294 e. The Balaban J connectivity index is 1.88. The van der Waals surface area contributed by atoms with E-state index >= 15 is 0 Å². The standard InChI is InChI=1S/C24H29NO4/c1-3-5-14-27-22-20-13-12-19(29-17-18-10-8-7-9-11-18)16-21(20)25-24(26)23(22)28-15-6-4-2/h7-13,16H,3-6,14-15,17H2,1-2H3,(H,25,26). The molecule has 3 rings (SSSR count). The predicted molar refractivity (Wildman–Crippen MR) is 116 cm³/mol. The average molecular weight is 395 g/mol. The highest BCUT2D eigenvalue weighted by Gasteiger charge is 2.16. The highest BCUT2D eigenvalue weighted by molar-refractivity contribution is 5.88. The average Bonchev–Trinajstić information content (AvgIpc) is 2.74. The molecule has 0 fully saturated rings. The lowest BCUT2D eigenvalue weighted by molar-refractivity contribution is 0.261. The molecule has 0 saturated carbocycles. The molecular formula is C24H29NO4. The normalized spacial score (nSPS) is 10.8. The molecule has 154 valence electrons. The van der Waals surface area contributed by atoms with Crippen LogP contribution in [0.15, 0.2) is 53.3 Å². The van der Waals surface area contributed by atoms with Gasteiger partial charge in [-0.2, -0.15) is 0 Å². The molecule has 0 aliphatic heterocycles. The lowest BCUT2D eigenvalue weighted by atomic mass is 10.2. The van der Waals surface area contributed by atoms with Gasteiger partial charge in [-0.15, -0.1) is 0 Å². The molecule has 0 aliphatic carbocycles. The van der Waals surface area contributed by atoms with Crippen molar-refractivity contribution < 1.29 is 14.2 Å². The number of aromatic amines is 1. The monoisotopic (exact) mass is 395 g/mol. The molecule has 0 unspecified atom stereocenters. The van der Waals surface area contributed by atoms with Crippen molar-refractivity contribution in [3.05, 3.63) is 64.4 Å². The van der Waals surface area contributed by atoms with Crippen LogP contribution in [0.2, 0.25) is 0 Å². The van der Waals surface area contributed by atoms with Crippen molar-refractivity contribution in [2.75, 3.05) is 13.2 Å². The summed E-state index contributed by atoms with van der Waals surface area (Å²) in [4.78, 5) is 15.6. The molecule has 1 N–H and O–H groups in total. The number of unbranched alkanes of at least 4 members (excludes halogenated alkanes) is 2. The van der Waals surface area contributed by atoms with Gasteiger partial charge in [0.1, 0.15) is 12.4 Å². The minimum Gasteiger partial charge on any atom is -0.489 e. The summed E-state index contributed by atoms with van der Waals surface area (Å²) in [6, 6.07) is 15.6. The van der Waals surface area contributed by atoms with E-state index in [1.165, 1.54) is 0 Å². The third-order valence-corrected chi connectivity index (χ3v) is 4.63. The first-order valence-electron chi connectivity index (χ1n) is 10.3. The quantitative estimate of drug-likeness (QED) is 0.438. The number of H-pyrrole nitrogens is 1. The summed E-state index contributed by atoms with van der Waals surface area (Å²) in [5.74, 6) is 1.47. The van der Waals surface area contributed by atoms with Crippen molar-refractivity contribution >= 4 is 10.9 Å². The van der Waals surface area contributed by atoms with Gasteiger partial charge in [-0.1, -0.05) is 57.0 Å². The molecule has 0 saturated heterocycles. The Morgan fingerprint density at radius 2 is 1.52 bits per heavy atom. The Hall–Kier alpha value is -2.95. The second kappa shape index (κ2) is 10.6. The van der Waals surface area contributed by atoms with Gasteiger partial charge in [-0.05, 0) is 30.5 Å². The Bertz CT molecular complexity index is 966. The van der Waals surface area contributed by atoms with Crippen molar-refractivity contribution in [2.45, 2.75) is 46.1 Å². The number of fused-ring (bicyclic) bond motifs is 1. The first-order valence-corrected chi connectivity index (χ1v) is 10.3. The van der Waals surface area contributed by atoms with Gasteiger partial charge in [-0.25, -0.2) is 0 Å². The number of hydrogen-bond donors (Lipinski definition) is 1. The molecule has 1 heterocycles. The number of nitrogens with one attached hydrogen (secondary N) is 1. The Kier molecular flexibility index (Phi) is 7.56. The van der Waals surface area contributed by atoms with Crippen molar-refractivity contribution in [1.29, 1.82) is 0 Å². The van der Waals surface area contributed by atoms with Gasteiger partial charge in [0.15, 0.2) is 5.75 Å². The minimum atomic E-state index is -0.277. The fraction of sp³-hybridized carbons (Fsp3) is 0.375. The van der Waals surface area contributed by atoms with E-state index < -0.39 is 0 Å². The zero-order valence-corrected chi connectivity index (χ0v) is 17.2. The summed E-state index contributed by atoms with van der Waals surface area (Å²) in [6.07, 6.45) is 3.82. The first kappa shape index (κ1) is 20.8. The van der Waals surface area contributed by atoms with E-state index in [0.717, 1.165) is 36.6 Å². The molecule has 5 heteroatoms. The second-order valence-corrected chi connectivity index (χ2v) is 7.00. The van der Waals surface area contributed by atoms with Gasteiger partial charge in [0, 0.05) is 11.5 Å². The van der Waals surface area contributed by atoms with Crippen LogP contribution in [0, 0.1) is 0 Å². The molecule has 0 amide bonds. The Morgan fingerprint density at radius 3 is 2.21 bits per heavy atom. The number of ether oxygens (including phenoxy) is 3. The molecule has 2 aromatic carbocycles. The lowest BCUT2D eigenvalue weighted by Crippen LogP contribution is -2.15. The summed E-state index contributed by atoms with van der Waals surface area (Å²) in [6.45, 7) is 5.70. The number of pyridine rings is 1. The number of rotatable bonds is 11. The predicted octanol–water partition coefficient (Wildman–Crippen LogP) is 5.46. The van der Waals surface area contributed by atoms with E-state index in [1.54, 1.807) is 0 Å². The van der Waals surface area contributed by atoms with E-state index in [-0.39, 0.29) is 11.3 Å². The van der Waals surface area contributed by atoms with Crippen LogP contribution in [0.25, 0.3) is 10.9 Å². The van der Waals surface area contributed by atoms with Gasteiger partial charge in [0.25, 0.3) is 5.56 Å². The van der Waals surface area contributed by atoms with Crippen LogP contribution in [0.5, 0.6) is 17.2 Å². The summed E-state index contributed by atoms with van der Waals surface area (Å²) >= 11 is 0. The molecule has 0 aliphatic rings. The van der Waals surface area contributed by atoms with E-state index in [4.69, 9.17) is 14.2 Å². The van der Waals surface area contributed by atoms with Crippen LogP contribution in [0.4, 0.5) is 0 Å². The summed E-state index contributed by atoms with van der Waals surface area (Å²) in [5, 5.41) is 0.819. The van der Waals surface area contributed by atoms with Crippen LogP contribution in [-0.2, 0) is 6.61 Å². The van der Waals surface area contributed by atoms with E-state index in [9.17, 15) is 4.79 Å². The molecule has 0 bridgehead atoms. The van der Waals surface area contributed by atoms with Crippen molar-refractivity contribution in [3.63, 3.8) is 0 Å². The zero-order chi connectivity index (χ0) is 20.5. The molecule has 0 spiro atoms. The van der Waals surface area contributed by atoms with Crippen molar-refractivity contribution in [3.8, 4) is 17.2 Å². The number of aromatic nitrogens is 1. The van der Waals surface area contributed by atoms with Crippen LogP contribution >= 0.6 is 0 Å². The summed E-state index contributed by atoms with van der Waals surface area (Å²) in [7, 11) is 0. The van der Waals surface area contributed by atoms with Crippen LogP contribution in [0.3, 0.4) is 0 Å². The SMILES string of the molecule is CCCCOc1c(OCCCC)c2ccc(OCc3ccccc3)cc2[nH]c1=O. The van der Waals surface area contributed by atoms with Crippen LogP contribution < -0.4 is 19.8 Å². The number of benzene rings is 2. The molecule has 3 aromatic rings. The molecule has 0 atom stereocenters. The summed E-state index contributed by atoms with van der Waals surface area (Å²) in [5.41, 5.74) is 1.49. The molecule has 1 aromatic heterocycles. The third kappa shape index (κ3) is 5.53. The fourth-order valence-corrected chi connectivity index (χ4v) is 2.97. The first-order chi connectivity index (χ1) is 14.2. The second-order valence-electron chi connectivity index (χ2n) is 7.00. The number of hydrogen-bond acceptors (Lipinski definition) is 4. The lowest BCUT2D eigenvalue weighted by Gasteiger charge is -2.15. The topological polar surface area (TPSA) is 60.6 Å². The Labute approximate surface area is 171 Å². The van der Waals surface area contributed by atoms with Crippen molar-refractivity contribution in [1.82, 2.24) is 4.98 Å². The highest BCUT2D eigenvalue weighted by atomic mass is 16.5. The Morgan fingerprint density at radius 1 is 0.828 bits per heavy atom. The zero-order valence-electron chi connectivity index (χ0n) is 17.2. The van der Waals surface area contributed by atoms with Gasteiger partial charge >= 0.3 is 0 Å². The molecule has 29 heavy (non-hydrogen) atoms. The molecular weight excluding hydrogens is 366 g/mol. The highest BCUT2D eigenvalue weighted by Crippen LogP contribution is 2.34. The van der Waals surface area contributed by atoms with E-state index in [1.807, 2.05) is 48.5 Å². The van der Waals surface area contributed by atoms with Gasteiger partial charge in [0.05, 0.1) is 18.7 Å². The third-order valence-electron chi connectivity index (χ3n) is 4.63. The van der Waals surface area contributed by atoms with E-state index in [2.05, 4.69) is 18.8 Å². The smallest absolute Gasteiger partial charge is 0.294 e. The maximum atomic E-state index is 12.7. The summed E-state index contributed by atoms with van der Waals surface area (Å²) < 4.78 is 17.7. The minimum absolute atomic E-state index is 0.264. The van der Waals surface area contributed by atoms with Gasteiger partial charge < -0.3 is 19.2 Å². The van der Waals surface area contributed by atoms with Crippen LogP contribution in [0.1, 0.15) is 45.1 Å². The molecule has 5 nitrogen and oxygen atoms in total. The molecule has 0 radical (unpaired) electrons. The van der Waals surface area contributed by atoms with Gasteiger partial charge in [-0.3, -0.25) is 4.79 Å². The largest absolute Gasteiger partial charge is 0.489 e. The fourth-order valence-electron chi connectivity index (χ4n) is 2.97. The van der Waals surface area contributed by atoms with E-state index in [0.29, 0.717) is 36.8 Å². The van der Waals surface area contributed by atoms with Crippen LogP contribution in [-0.4, -0.2) is 18.2 Å².